The maximum absolute atomic E-state index is 11.4. The quantitative estimate of drug-likeness (QED) is 0.502. The summed E-state index contributed by atoms with van der Waals surface area (Å²) >= 11 is 0. The lowest BCUT2D eigenvalue weighted by Gasteiger charge is -2.20. The Labute approximate surface area is 117 Å². The molecule has 0 spiro atoms. The number of nitrogens with one attached hydrogen (secondary N) is 2. The number of carbonyl (C=O) groups excluding carboxylic acids is 1. The molecular weight excluding hydrogens is 238 g/mol. The molecule has 1 aliphatic rings. The van der Waals surface area contributed by atoms with Crippen molar-refractivity contribution in [2.75, 3.05) is 13.1 Å². The zero-order valence-corrected chi connectivity index (χ0v) is 12.4. The summed E-state index contributed by atoms with van der Waals surface area (Å²) in [5.41, 5.74) is 5.48. The van der Waals surface area contributed by atoms with E-state index in [0.717, 1.165) is 32.4 Å². The SMILES string of the molecule is CCCCNCCCCC(NC1CCCC1)C(N)=O. The Morgan fingerprint density at radius 3 is 2.53 bits per heavy atom. The van der Waals surface area contributed by atoms with Gasteiger partial charge in [0.2, 0.25) is 5.91 Å². The fourth-order valence-electron chi connectivity index (χ4n) is 2.71. The second-order valence-electron chi connectivity index (χ2n) is 5.70. The molecule has 1 fully saturated rings. The average molecular weight is 269 g/mol. The van der Waals surface area contributed by atoms with Crippen molar-refractivity contribution in [2.24, 2.45) is 5.73 Å². The number of hydrogen-bond donors (Lipinski definition) is 3. The first-order chi connectivity index (χ1) is 9.24. The standard InChI is InChI=1S/C15H31N3O/c1-2-3-11-17-12-7-6-10-14(15(16)19)18-13-8-4-5-9-13/h13-14,17-18H,2-12H2,1H3,(H2,16,19). The molecule has 0 radical (unpaired) electrons. The van der Waals surface area contributed by atoms with Crippen LogP contribution in [-0.2, 0) is 4.79 Å². The van der Waals surface area contributed by atoms with E-state index in [1.54, 1.807) is 0 Å². The van der Waals surface area contributed by atoms with Crippen LogP contribution in [0.3, 0.4) is 0 Å². The molecular formula is C15H31N3O. The van der Waals surface area contributed by atoms with Crippen molar-refractivity contribution in [2.45, 2.75) is 76.8 Å². The van der Waals surface area contributed by atoms with Crippen LogP contribution in [0.1, 0.15) is 64.7 Å². The molecule has 112 valence electrons. The van der Waals surface area contributed by atoms with Crippen LogP contribution in [0.15, 0.2) is 0 Å². The van der Waals surface area contributed by atoms with Gasteiger partial charge >= 0.3 is 0 Å². The van der Waals surface area contributed by atoms with Crippen LogP contribution in [0.25, 0.3) is 0 Å². The Morgan fingerprint density at radius 1 is 1.21 bits per heavy atom. The highest BCUT2D eigenvalue weighted by molar-refractivity contribution is 5.79. The number of rotatable bonds is 11. The van der Waals surface area contributed by atoms with Crippen molar-refractivity contribution >= 4 is 5.91 Å². The summed E-state index contributed by atoms with van der Waals surface area (Å²) in [5.74, 6) is -0.189. The van der Waals surface area contributed by atoms with Gasteiger partial charge in [-0.05, 0) is 45.2 Å². The molecule has 0 aromatic heterocycles. The number of hydrogen-bond acceptors (Lipinski definition) is 3. The van der Waals surface area contributed by atoms with Gasteiger partial charge in [0.25, 0.3) is 0 Å². The third-order valence-corrected chi connectivity index (χ3v) is 3.94. The summed E-state index contributed by atoms with van der Waals surface area (Å²) in [7, 11) is 0. The molecule has 0 bridgehead atoms. The fraction of sp³-hybridized carbons (Fsp3) is 0.933. The predicted octanol–water partition coefficient (Wildman–Crippen LogP) is 1.93. The van der Waals surface area contributed by atoms with E-state index in [4.69, 9.17) is 5.73 Å². The van der Waals surface area contributed by atoms with E-state index in [2.05, 4.69) is 17.6 Å². The predicted molar refractivity (Wildman–Crippen MR) is 80.0 cm³/mol. The molecule has 1 unspecified atom stereocenters. The molecule has 1 rings (SSSR count). The maximum Gasteiger partial charge on any atom is 0.234 e. The Morgan fingerprint density at radius 2 is 1.89 bits per heavy atom. The lowest BCUT2D eigenvalue weighted by molar-refractivity contribution is -0.120. The summed E-state index contributed by atoms with van der Waals surface area (Å²) in [6.45, 7) is 4.36. The third kappa shape index (κ3) is 7.53. The Hall–Kier alpha value is -0.610. The van der Waals surface area contributed by atoms with Gasteiger partial charge in [-0.2, -0.15) is 0 Å². The van der Waals surface area contributed by atoms with E-state index >= 15 is 0 Å². The number of amides is 1. The molecule has 0 aromatic carbocycles. The van der Waals surface area contributed by atoms with Gasteiger partial charge < -0.3 is 16.4 Å². The van der Waals surface area contributed by atoms with Gasteiger partial charge in [0.15, 0.2) is 0 Å². The number of primary amides is 1. The highest BCUT2D eigenvalue weighted by Crippen LogP contribution is 2.18. The van der Waals surface area contributed by atoms with Crippen LogP contribution in [0.2, 0.25) is 0 Å². The Balaban J connectivity index is 2.06. The maximum atomic E-state index is 11.4. The Kier molecular flexibility index (Phi) is 8.84. The summed E-state index contributed by atoms with van der Waals surface area (Å²) in [6, 6.07) is 0.388. The van der Waals surface area contributed by atoms with Crippen molar-refractivity contribution in [3.8, 4) is 0 Å². The zero-order chi connectivity index (χ0) is 13.9. The molecule has 0 aliphatic heterocycles. The van der Waals surface area contributed by atoms with Crippen molar-refractivity contribution in [3.63, 3.8) is 0 Å². The molecule has 1 aliphatic carbocycles. The molecule has 0 heterocycles. The van der Waals surface area contributed by atoms with Crippen molar-refractivity contribution < 1.29 is 4.79 Å². The number of nitrogens with two attached hydrogens (primary N) is 1. The molecule has 1 atom stereocenters. The summed E-state index contributed by atoms with van der Waals surface area (Å²) in [4.78, 5) is 11.4. The van der Waals surface area contributed by atoms with Crippen LogP contribution < -0.4 is 16.4 Å². The van der Waals surface area contributed by atoms with E-state index in [-0.39, 0.29) is 11.9 Å². The van der Waals surface area contributed by atoms with E-state index in [9.17, 15) is 4.79 Å². The molecule has 1 saturated carbocycles. The first-order valence-corrected chi connectivity index (χ1v) is 8.00. The smallest absolute Gasteiger partial charge is 0.234 e. The van der Waals surface area contributed by atoms with Crippen LogP contribution >= 0.6 is 0 Å². The second kappa shape index (κ2) is 10.2. The molecule has 4 nitrogen and oxygen atoms in total. The lowest BCUT2D eigenvalue weighted by Crippen LogP contribution is -2.45. The van der Waals surface area contributed by atoms with Crippen molar-refractivity contribution in [1.82, 2.24) is 10.6 Å². The minimum absolute atomic E-state index is 0.126. The van der Waals surface area contributed by atoms with Crippen LogP contribution in [-0.4, -0.2) is 31.1 Å². The Bertz CT molecular complexity index is 240. The van der Waals surface area contributed by atoms with E-state index < -0.39 is 0 Å². The van der Waals surface area contributed by atoms with Gasteiger partial charge in [0, 0.05) is 6.04 Å². The summed E-state index contributed by atoms with van der Waals surface area (Å²) in [6.07, 6.45) is 10.5. The van der Waals surface area contributed by atoms with Gasteiger partial charge in [-0.25, -0.2) is 0 Å². The summed E-state index contributed by atoms with van der Waals surface area (Å²) in [5, 5.41) is 6.86. The van der Waals surface area contributed by atoms with Crippen molar-refractivity contribution in [1.29, 1.82) is 0 Å². The lowest BCUT2D eigenvalue weighted by atomic mass is 10.1. The van der Waals surface area contributed by atoms with Gasteiger partial charge in [0.05, 0.1) is 6.04 Å². The first-order valence-electron chi connectivity index (χ1n) is 8.00. The fourth-order valence-corrected chi connectivity index (χ4v) is 2.71. The van der Waals surface area contributed by atoms with Crippen LogP contribution in [0.4, 0.5) is 0 Å². The van der Waals surface area contributed by atoms with E-state index in [1.807, 2.05) is 0 Å². The molecule has 0 aromatic rings. The van der Waals surface area contributed by atoms with Gasteiger partial charge in [-0.1, -0.05) is 32.6 Å². The van der Waals surface area contributed by atoms with E-state index in [1.165, 1.54) is 38.5 Å². The topological polar surface area (TPSA) is 67.2 Å². The highest BCUT2D eigenvalue weighted by Gasteiger charge is 2.21. The minimum atomic E-state index is -0.189. The number of carbonyl (C=O) groups is 1. The van der Waals surface area contributed by atoms with Crippen molar-refractivity contribution in [3.05, 3.63) is 0 Å². The van der Waals surface area contributed by atoms with Crippen LogP contribution in [0, 0.1) is 0 Å². The molecule has 4 N–H and O–H groups in total. The zero-order valence-electron chi connectivity index (χ0n) is 12.4. The van der Waals surface area contributed by atoms with E-state index in [0.29, 0.717) is 6.04 Å². The highest BCUT2D eigenvalue weighted by atomic mass is 16.1. The molecule has 4 heteroatoms. The molecule has 19 heavy (non-hydrogen) atoms. The largest absolute Gasteiger partial charge is 0.368 e. The van der Waals surface area contributed by atoms with Gasteiger partial charge in [-0.15, -0.1) is 0 Å². The normalized spacial score (nSPS) is 17.7. The molecule has 1 amide bonds. The minimum Gasteiger partial charge on any atom is -0.368 e. The van der Waals surface area contributed by atoms with Crippen LogP contribution in [0.5, 0.6) is 0 Å². The number of unbranched alkanes of at least 4 members (excludes halogenated alkanes) is 2. The van der Waals surface area contributed by atoms with Gasteiger partial charge in [-0.3, -0.25) is 4.79 Å². The average Bonchev–Trinajstić information content (AvgIpc) is 2.89. The van der Waals surface area contributed by atoms with Gasteiger partial charge in [0.1, 0.15) is 0 Å². The first kappa shape index (κ1) is 16.4. The summed E-state index contributed by atoms with van der Waals surface area (Å²) < 4.78 is 0. The second-order valence-corrected chi connectivity index (χ2v) is 5.70. The monoisotopic (exact) mass is 269 g/mol. The molecule has 0 saturated heterocycles. The third-order valence-electron chi connectivity index (χ3n) is 3.94.